The van der Waals surface area contributed by atoms with Gasteiger partial charge in [0, 0.05) is 26.6 Å². The highest BCUT2D eigenvalue weighted by Crippen LogP contribution is 2.00. The third kappa shape index (κ3) is 17.2. The van der Waals surface area contributed by atoms with Gasteiger partial charge in [0.05, 0.1) is 72.2 Å². The molecule has 1 aromatic heterocycles. The minimum Gasteiger partial charge on any atom is -0.445 e. The Balaban J connectivity index is 1.37. The van der Waals surface area contributed by atoms with Crippen LogP contribution < -0.4 is 10.6 Å². The molecule has 0 fully saturated rings. The maximum Gasteiger partial charge on any atom is 0.407 e. The summed E-state index contributed by atoms with van der Waals surface area (Å²) in [5.41, 5.74) is 1.61. The van der Waals surface area contributed by atoms with Crippen molar-refractivity contribution in [2.45, 2.75) is 32.6 Å². The van der Waals surface area contributed by atoms with Gasteiger partial charge in [-0.1, -0.05) is 35.5 Å². The summed E-state index contributed by atoms with van der Waals surface area (Å²) in [7, 11) is 1.64. The third-order valence-electron chi connectivity index (χ3n) is 5.11. The number of nitrogens with zero attached hydrogens (tertiary/aromatic N) is 3. The van der Waals surface area contributed by atoms with Crippen LogP contribution in [0.3, 0.4) is 0 Å². The topological polar surface area (TPSA) is 144 Å². The van der Waals surface area contributed by atoms with E-state index >= 15 is 0 Å². The molecule has 39 heavy (non-hydrogen) atoms. The summed E-state index contributed by atoms with van der Waals surface area (Å²) in [5, 5.41) is 13.5. The zero-order valence-electron chi connectivity index (χ0n) is 22.7. The van der Waals surface area contributed by atoms with Gasteiger partial charge in [-0.25, -0.2) is 9.48 Å². The van der Waals surface area contributed by atoms with E-state index in [-0.39, 0.29) is 12.5 Å². The highest BCUT2D eigenvalue weighted by atomic mass is 16.6. The van der Waals surface area contributed by atoms with Gasteiger partial charge >= 0.3 is 6.09 Å². The normalized spacial score (nSPS) is 10.9. The maximum absolute atomic E-state index is 11.9. The number of nitrogens with one attached hydrogen (secondary N) is 2. The van der Waals surface area contributed by atoms with Crippen LogP contribution in [-0.4, -0.2) is 100 Å². The molecule has 2 N–H and O–H groups in total. The number of amides is 2. The fourth-order valence-electron chi connectivity index (χ4n) is 3.10. The molecule has 0 aliphatic rings. The first-order chi connectivity index (χ1) is 19.2. The van der Waals surface area contributed by atoms with E-state index in [4.69, 9.17) is 28.4 Å². The van der Waals surface area contributed by atoms with Crippen LogP contribution in [0, 0.1) is 0 Å². The van der Waals surface area contributed by atoms with Crippen molar-refractivity contribution in [3.63, 3.8) is 0 Å². The molecule has 0 aliphatic heterocycles. The first-order valence-corrected chi connectivity index (χ1v) is 13.1. The lowest BCUT2D eigenvalue weighted by molar-refractivity contribution is -0.121. The van der Waals surface area contributed by atoms with Gasteiger partial charge in [0.25, 0.3) is 0 Å². The van der Waals surface area contributed by atoms with Crippen molar-refractivity contribution in [1.82, 2.24) is 25.6 Å². The highest BCUT2D eigenvalue weighted by molar-refractivity contribution is 5.75. The van der Waals surface area contributed by atoms with Crippen LogP contribution in [0.25, 0.3) is 0 Å². The van der Waals surface area contributed by atoms with Gasteiger partial charge in [0.2, 0.25) is 5.91 Å². The summed E-state index contributed by atoms with van der Waals surface area (Å²) in [5.74, 6) is -0.107. The predicted molar refractivity (Wildman–Crippen MR) is 141 cm³/mol. The van der Waals surface area contributed by atoms with Crippen molar-refractivity contribution in [3.8, 4) is 0 Å². The number of alkyl carbamates (subject to hydrolysis) is 1. The van der Waals surface area contributed by atoms with E-state index in [9.17, 15) is 9.59 Å². The van der Waals surface area contributed by atoms with Crippen LogP contribution in [0.2, 0.25) is 0 Å². The molecule has 0 aliphatic carbocycles. The van der Waals surface area contributed by atoms with Crippen molar-refractivity contribution in [2.75, 3.05) is 73.1 Å². The molecule has 2 rings (SSSR count). The fourth-order valence-corrected chi connectivity index (χ4v) is 3.10. The summed E-state index contributed by atoms with van der Waals surface area (Å²) >= 11 is 0. The van der Waals surface area contributed by atoms with Crippen LogP contribution in [-0.2, 0) is 53.0 Å². The molecule has 2 aromatic rings. The SMILES string of the molecule is COCCOCCOCCOCCn1cc(COCCNC(=O)CCCNC(=O)OCc2ccccc2)nn1. The number of carbonyl (C=O) groups is 2. The number of rotatable bonds is 23. The summed E-state index contributed by atoms with van der Waals surface area (Å²) in [6.07, 6.45) is 2.11. The molecular weight excluding hydrogens is 510 g/mol. The van der Waals surface area contributed by atoms with E-state index in [2.05, 4.69) is 20.9 Å². The molecule has 0 saturated heterocycles. The molecular formula is C26H41N5O8. The molecule has 0 spiro atoms. The van der Waals surface area contributed by atoms with Gasteiger partial charge in [0.15, 0.2) is 0 Å². The van der Waals surface area contributed by atoms with Crippen molar-refractivity contribution in [2.24, 2.45) is 0 Å². The predicted octanol–water partition coefficient (Wildman–Crippen LogP) is 1.31. The summed E-state index contributed by atoms with van der Waals surface area (Å²) in [4.78, 5) is 23.6. The van der Waals surface area contributed by atoms with Crippen molar-refractivity contribution in [3.05, 3.63) is 47.8 Å². The number of hydrogen-bond donors (Lipinski definition) is 2. The lowest BCUT2D eigenvalue weighted by atomic mass is 10.2. The van der Waals surface area contributed by atoms with E-state index in [1.807, 2.05) is 30.3 Å². The molecule has 1 heterocycles. The molecule has 13 nitrogen and oxygen atoms in total. The Bertz CT molecular complexity index is 899. The van der Waals surface area contributed by atoms with Gasteiger partial charge < -0.3 is 39.1 Å². The first kappa shape index (κ1) is 32.1. The smallest absolute Gasteiger partial charge is 0.407 e. The number of benzene rings is 1. The number of methoxy groups -OCH3 is 1. The molecule has 0 bridgehead atoms. The fraction of sp³-hybridized carbons (Fsp3) is 0.615. The Hall–Kier alpha value is -3.10. The molecule has 13 heteroatoms. The lowest BCUT2D eigenvalue weighted by Gasteiger charge is -2.08. The molecule has 0 unspecified atom stereocenters. The van der Waals surface area contributed by atoms with Gasteiger partial charge in [0.1, 0.15) is 12.3 Å². The minimum atomic E-state index is -0.502. The Labute approximate surface area is 229 Å². The van der Waals surface area contributed by atoms with E-state index < -0.39 is 6.09 Å². The van der Waals surface area contributed by atoms with E-state index in [0.717, 1.165) is 5.56 Å². The monoisotopic (exact) mass is 551 g/mol. The van der Waals surface area contributed by atoms with E-state index in [0.29, 0.717) is 97.6 Å². The standard InChI is InChI=1S/C26H41N5O8/c1-34-14-15-36-18-19-37-17-16-35-13-11-31-20-24(29-30-31)22-38-12-10-27-25(32)8-5-9-28-26(33)39-21-23-6-3-2-4-7-23/h2-4,6-7,20H,5,8-19,21-22H2,1H3,(H,27,32)(H,28,33). The molecule has 0 radical (unpaired) electrons. The van der Waals surface area contributed by atoms with Crippen LogP contribution in [0.15, 0.2) is 36.5 Å². The van der Waals surface area contributed by atoms with Crippen molar-refractivity contribution < 1.29 is 38.0 Å². The summed E-state index contributed by atoms with van der Waals surface area (Å²) in [6, 6.07) is 9.43. The Morgan fingerprint density at radius 3 is 2.28 bits per heavy atom. The second-order valence-corrected chi connectivity index (χ2v) is 8.30. The average Bonchev–Trinajstić information content (AvgIpc) is 3.41. The van der Waals surface area contributed by atoms with Gasteiger partial charge in [-0.2, -0.15) is 0 Å². The zero-order chi connectivity index (χ0) is 27.8. The zero-order valence-corrected chi connectivity index (χ0v) is 22.7. The minimum absolute atomic E-state index is 0.107. The van der Waals surface area contributed by atoms with E-state index in [1.165, 1.54) is 0 Å². The second-order valence-electron chi connectivity index (χ2n) is 8.30. The Morgan fingerprint density at radius 1 is 0.821 bits per heavy atom. The molecule has 218 valence electrons. The van der Waals surface area contributed by atoms with Gasteiger partial charge in [-0.3, -0.25) is 4.79 Å². The van der Waals surface area contributed by atoms with Gasteiger partial charge in [-0.05, 0) is 12.0 Å². The highest BCUT2D eigenvalue weighted by Gasteiger charge is 2.05. The van der Waals surface area contributed by atoms with Crippen LogP contribution in [0.1, 0.15) is 24.1 Å². The Kier molecular flexibility index (Phi) is 17.9. The first-order valence-electron chi connectivity index (χ1n) is 13.1. The van der Waals surface area contributed by atoms with Crippen molar-refractivity contribution in [1.29, 1.82) is 0 Å². The number of carbonyl (C=O) groups excluding carboxylic acids is 2. The number of ether oxygens (including phenoxy) is 6. The Morgan fingerprint density at radius 2 is 1.54 bits per heavy atom. The third-order valence-corrected chi connectivity index (χ3v) is 5.11. The van der Waals surface area contributed by atoms with Gasteiger partial charge in [-0.15, -0.1) is 5.10 Å². The molecule has 0 saturated carbocycles. The summed E-state index contributed by atoms with van der Waals surface area (Å²) in [6.45, 7) is 5.86. The summed E-state index contributed by atoms with van der Waals surface area (Å²) < 4.78 is 33.5. The van der Waals surface area contributed by atoms with Crippen LogP contribution in [0.4, 0.5) is 4.79 Å². The quantitative estimate of drug-likeness (QED) is 0.194. The van der Waals surface area contributed by atoms with Crippen molar-refractivity contribution >= 4 is 12.0 Å². The number of hydrogen-bond acceptors (Lipinski definition) is 10. The van der Waals surface area contributed by atoms with E-state index in [1.54, 1.807) is 18.0 Å². The molecule has 2 amide bonds. The molecule has 0 atom stereocenters. The van der Waals surface area contributed by atoms with Crippen LogP contribution >= 0.6 is 0 Å². The maximum atomic E-state index is 11.9. The van der Waals surface area contributed by atoms with Crippen LogP contribution in [0.5, 0.6) is 0 Å². The average molecular weight is 552 g/mol. The number of aromatic nitrogens is 3. The lowest BCUT2D eigenvalue weighted by Crippen LogP contribution is -2.29. The second kappa shape index (κ2) is 21.8. The largest absolute Gasteiger partial charge is 0.445 e. The molecule has 1 aromatic carbocycles.